The van der Waals surface area contributed by atoms with Crippen molar-refractivity contribution in [3.05, 3.63) is 21.9 Å². The van der Waals surface area contributed by atoms with Crippen LogP contribution in [0.1, 0.15) is 20.5 Å². The van der Waals surface area contributed by atoms with Crippen molar-refractivity contribution >= 4 is 23.3 Å². The van der Waals surface area contributed by atoms with Crippen LogP contribution in [0.3, 0.4) is 0 Å². The quantitative estimate of drug-likeness (QED) is 0.789. The van der Waals surface area contributed by atoms with Crippen LogP contribution in [0.15, 0.2) is 12.1 Å². The first-order valence-electron chi connectivity index (χ1n) is 4.60. The predicted molar refractivity (Wildman–Crippen MR) is 59.5 cm³/mol. The summed E-state index contributed by atoms with van der Waals surface area (Å²) in [4.78, 5) is 23.7. The Balaban J connectivity index is 2.91. The van der Waals surface area contributed by atoms with Crippen molar-refractivity contribution in [2.45, 2.75) is 5.92 Å². The second-order valence-corrected chi connectivity index (χ2v) is 4.12. The summed E-state index contributed by atoms with van der Waals surface area (Å²) in [5.41, 5.74) is 5.49. The van der Waals surface area contributed by atoms with E-state index in [-0.39, 0.29) is 6.54 Å². The Morgan fingerprint density at radius 1 is 1.38 bits per heavy atom. The number of esters is 2. The lowest BCUT2D eigenvalue weighted by Crippen LogP contribution is -2.21. The van der Waals surface area contributed by atoms with Gasteiger partial charge in [0.25, 0.3) is 0 Å². The van der Waals surface area contributed by atoms with Crippen molar-refractivity contribution < 1.29 is 19.1 Å². The lowest BCUT2D eigenvalue weighted by molar-refractivity contribution is -0.142. The third kappa shape index (κ3) is 2.59. The van der Waals surface area contributed by atoms with E-state index < -0.39 is 17.9 Å². The van der Waals surface area contributed by atoms with Crippen LogP contribution in [0.5, 0.6) is 0 Å². The molecule has 0 aliphatic heterocycles. The number of nitrogens with two attached hydrogens (primary N) is 1. The van der Waals surface area contributed by atoms with Crippen LogP contribution in [-0.2, 0) is 14.3 Å². The summed E-state index contributed by atoms with van der Waals surface area (Å²) in [7, 11) is 2.61. The normalized spacial score (nSPS) is 11.9. The number of rotatable bonds is 4. The van der Waals surface area contributed by atoms with Gasteiger partial charge in [0, 0.05) is 11.4 Å². The topological polar surface area (TPSA) is 78.6 Å². The average molecular weight is 243 g/mol. The molecule has 1 atom stereocenters. The van der Waals surface area contributed by atoms with Crippen molar-refractivity contribution in [2.24, 2.45) is 5.73 Å². The Labute approximate surface area is 97.2 Å². The molecule has 0 aliphatic carbocycles. The molecular formula is C10H13NO4S. The summed E-state index contributed by atoms with van der Waals surface area (Å²) in [6.07, 6.45) is 0. The van der Waals surface area contributed by atoms with Gasteiger partial charge in [-0.1, -0.05) is 0 Å². The minimum absolute atomic E-state index is 0.147. The molecule has 88 valence electrons. The van der Waals surface area contributed by atoms with Gasteiger partial charge in [-0.15, -0.1) is 11.3 Å². The van der Waals surface area contributed by atoms with E-state index in [0.717, 1.165) is 0 Å². The van der Waals surface area contributed by atoms with E-state index in [9.17, 15) is 9.59 Å². The summed E-state index contributed by atoms with van der Waals surface area (Å²) in [5.74, 6) is -1.34. The van der Waals surface area contributed by atoms with Gasteiger partial charge in [-0.2, -0.15) is 0 Å². The molecule has 0 bridgehead atoms. The highest BCUT2D eigenvalue weighted by Crippen LogP contribution is 2.25. The zero-order chi connectivity index (χ0) is 12.1. The zero-order valence-electron chi connectivity index (χ0n) is 9.06. The van der Waals surface area contributed by atoms with Gasteiger partial charge in [-0.25, -0.2) is 4.79 Å². The van der Waals surface area contributed by atoms with Crippen LogP contribution in [-0.4, -0.2) is 32.7 Å². The fourth-order valence-corrected chi connectivity index (χ4v) is 2.25. The van der Waals surface area contributed by atoms with Gasteiger partial charge in [0.2, 0.25) is 0 Å². The van der Waals surface area contributed by atoms with E-state index in [1.165, 1.54) is 25.6 Å². The van der Waals surface area contributed by atoms with Gasteiger partial charge in [-0.3, -0.25) is 4.79 Å². The van der Waals surface area contributed by atoms with Gasteiger partial charge in [-0.05, 0) is 12.1 Å². The number of hydrogen-bond acceptors (Lipinski definition) is 6. The number of hydrogen-bond donors (Lipinski definition) is 1. The lowest BCUT2D eigenvalue weighted by atomic mass is 10.1. The van der Waals surface area contributed by atoms with Crippen molar-refractivity contribution in [3.8, 4) is 0 Å². The van der Waals surface area contributed by atoms with E-state index in [4.69, 9.17) is 5.73 Å². The molecule has 1 aromatic heterocycles. The predicted octanol–water partition coefficient (Wildman–Crippen LogP) is 0.750. The molecule has 0 fully saturated rings. The molecule has 0 saturated carbocycles. The second kappa shape index (κ2) is 5.62. The van der Waals surface area contributed by atoms with E-state index >= 15 is 0 Å². The minimum Gasteiger partial charge on any atom is -0.468 e. The highest BCUT2D eigenvalue weighted by molar-refractivity contribution is 7.14. The van der Waals surface area contributed by atoms with Crippen molar-refractivity contribution in [3.63, 3.8) is 0 Å². The fraction of sp³-hybridized carbons (Fsp3) is 0.400. The first kappa shape index (κ1) is 12.7. The van der Waals surface area contributed by atoms with E-state index in [2.05, 4.69) is 9.47 Å². The van der Waals surface area contributed by atoms with Crippen LogP contribution in [0.4, 0.5) is 0 Å². The Morgan fingerprint density at radius 2 is 2.06 bits per heavy atom. The molecule has 0 aliphatic rings. The van der Waals surface area contributed by atoms with Gasteiger partial charge >= 0.3 is 11.9 Å². The van der Waals surface area contributed by atoms with Crippen molar-refractivity contribution in [2.75, 3.05) is 20.8 Å². The Bertz CT molecular complexity index is 388. The summed E-state index contributed by atoms with van der Waals surface area (Å²) in [6, 6.07) is 3.29. The first-order chi connectivity index (χ1) is 7.63. The molecule has 1 rings (SSSR count). The molecular weight excluding hydrogens is 230 g/mol. The monoisotopic (exact) mass is 243 g/mol. The largest absolute Gasteiger partial charge is 0.468 e. The Hall–Kier alpha value is -1.40. The maximum atomic E-state index is 11.4. The molecule has 6 heteroatoms. The van der Waals surface area contributed by atoms with Crippen LogP contribution in [0.25, 0.3) is 0 Å². The van der Waals surface area contributed by atoms with Crippen molar-refractivity contribution in [1.29, 1.82) is 0 Å². The highest BCUT2D eigenvalue weighted by atomic mass is 32.1. The number of thiophene rings is 1. The summed E-state index contributed by atoms with van der Waals surface area (Å²) in [5, 5.41) is 0. The minimum atomic E-state index is -0.520. The van der Waals surface area contributed by atoms with Crippen molar-refractivity contribution in [1.82, 2.24) is 0 Å². The third-order valence-corrected chi connectivity index (χ3v) is 3.26. The standard InChI is InChI=1S/C10H13NO4S/c1-14-9(12)6(5-11)7-3-4-8(16-7)10(13)15-2/h3-4,6H,5,11H2,1-2H3. The van der Waals surface area contributed by atoms with E-state index in [0.29, 0.717) is 9.75 Å². The molecule has 0 spiro atoms. The molecule has 0 amide bonds. The Kier molecular flexibility index (Phi) is 4.45. The van der Waals surface area contributed by atoms with Crippen LogP contribution >= 0.6 is 11.3 Å². The highest BCUT2D eigenvalue weighted by Gasteiger charge is 2.22. The molecule has 5 nitrogen and oxygen atoms in total. The van der Waals surface area contributed by atoms with E-state index in [1.807, 2.05) is 0 Å². The molecule has 16 heavy (non-hydrogen) atoms. The Morgan fingerprint density at radius 3 is 2.56 bits per heavy atom. The number of methoxy groups -OCH3 is 2. The molecule has 1 unspecified atom stereocenters. The fourth-order valence-electron chi connectivity index (χ4n) is 1.22. The molecule has 1 heterocycles. The SMILES string of the molecule is COC(=O)c1ccc(C(CN)C(=O)OC)s1. The van der Waals surface area contributed by atoms with Gasteiger partial charge < -0.3 is 15.2 Å². The lowest BCUT2D eigenvalue weighted by Gasteiger charge is -2.09. The van der Waals surface area contributed by atoms with Crippen LogP contribution < -0.4 is 5.73 Å². The second-order valence-electron chi connectivity index (χ2n) is 3.01. The smallest absolute Gasteiger partial charge is 0.348 e. The maximum absolute atomic E-state index is 11.4. The molecule has 0 radical (unpaired) electrons. The molecule has 1 aromatic rings. The molecule has 2 N–H and O–H groups in total. The average Bonchev–Trinajstić information content (AvgIpc) is 2.78. The van der Waals surface area contributed by atoms with Crippen LogP contribution in [0, 0.1) is 0 Å². The van der Waals surface area contributed by atoms with Gasteiger partial charge in [0.1, 0.15) is 10.8 Å². The summed E-state index contributed by atoms with van der Waals surface area (Å²) >= 11 is 1.19. The number of ether oxygens (including phenoxy) is 2. The summed E-state index contributed by atoms with van der Waals surface area (Å²) < 4.78 is 9.20. The maximum Gasteiger partial charge on any atom is 0.348 e. The number of carbonyl (C=O) groups excluding carboxylic acids is 2. The first-order valence-corrected chi connectivity index (χ1v) is 5.41. The number of carbonyl (C=O) groups is 2. The molecule has 0 aromatic carbocycles. The van der Waals surface area contributed by atoms with Gasteiger partial charge in [0.05, 0.1) is 14.2 Å². The third-order valence-electron chi connectivity index (χ3n) is 2.08. The van der Waals surface area contributed by atoms with Gasteiger partial charge in [0.15, 0.2) is 0 Å². The molecule has 0 saturated heterocycles. The van der Waals surface area contributed by atoms with E-state index in [1.54, 1.807) is 12.1 Å². The zero-order valence-corrected chi connectivity index (χ0v) is 9.87. The summed E-state index contributed by atoms with van der Waals surface area (Å²) in [6.45, 7) is 0.147. The van der Waals surface area contributed by atoms with Crippen LogP contribution in [0.2, 0.25) is 0 Å².